The topological polar surface area (TPSA) is 0 Å². The summed E-state index contributed by atoms with van der Waals surface area (Å²) in [6.45, 7) is 15.9. The van der Waals surface area contributed by atoms with Gasteiger partial charge in [-0.3, -0.25) is 0 Å². The van der Waals surface area contributed by atoms with Crippen molar-refractivity contribution in [3.8, 4) is 0 Å². The second kappa shape index (κ2) is 6.37. The van der Waals surface area contributed by atoms with Gasteiger partial charge in [-0.15, -0.1) is 0 Å². The number of halogens is 2. The molecule has 3 heteroatoms. The quantitative estimate of drug-likeness (QED) is 0.452. The van der Waals surface area contributed by atoms with Crippen LogP contribution in [0.4, 0.5) is 5.25 Å². The maximum absolute atomic E-state index is 16.7. The summed E-state index contributed by atoms with van der Waals surface area (Å²) in [5, 5.41) is 0. The van der Waals surface area contributed by atoms with Crippen molar-refractivity contribution >= 4 is 6.08 Å². The molecule has 1 atom stereocenters. The Labute approximate surface area is 163 Å². The van der Waals surface area contributed by atoms with Gasteiger partial charge in [0.2, 0.25) is 0 Å². The molecule has 0 N–H and O–H groups in total. The Morgan fingerprint density at radius 3 is 1.88 bits per heavy atom. The summed E-state index contributed by atoms with van der Waals surface area (Å²) in [7, 11) is 0. The van der Waals surface area contributed by atoms with Crippen LogP contribution in [-0.4, -0.2) is 0 Å². The number of rotatable bonds is 3. The molecule has 140 valence electrons. The molecule has 0 aromatic heterocycles. The molecule has 0 saturated heterocycles. The minimum atomic E-state index is -5.71. The summed E-state index contributed by atoms with van der Waals surface area (Å²) in [4.78, 5) is 0. The van der Waals surface area contributed by atoms with Gasteiger partial charge in [0.1, 0.15) is 0 Å². The van der Waals surface area contributed by atoms with Gasteiger partial charge in [0.25, 0.3) is 0 Å². The van der Waals surface area contributed by atoms with E-state index in [0.717, 1.165) is 50.1 Å². The van der Waals surface area contributed by atoms with E-state index in [9.17, 15) is 0 Å². The van der Waals surface area contributed by atoms with Gasteiger partial charge in [-0.1, -0.05) is 0 Å². The molecule has 0 fully saturated rings. The van der Waals surface area contributed by atoms with Crippen molar-refractivity contribution in [2.45, 2.75) is 68.6 Å². The van der Waals surface area contributed by atoms with Gasteiger partial charge in [-0.05, 0) is 0 Å². The van der Waals surface area contributed by atoms with Crippen molar-refractivity contribution in [2.75, 3.05) is 0 Å². The first-order chi connectivity index (χ1) is 12.0. The second-order valence-electron chi connectivity index (χ2n) is 8.23. The van der Waals surface area contributed by atoms with E-state index in [1.807, 2.05) is 67.5 Å². The summed E-state index contributed by atoms with van der Waals surface area (Å²) in [6, 6.07) is 4.08. The number of aryl methyl sites for hydroxylation is 2. The van der Waals surface area contributed by atoms with Gasteiger partial charge in [-0.25, -0.2) is 0 Å². The molecule has 0 spiro atoms. The van der Waals surface area contributed by atoms with Crippen LogP contribution in [-0.2, 0) is 21.5 Å². The van der Waals surface area contributed by atoms with Crippen LogP contribution in [0.5, 0.6) is 0 Å². The molecular formula is C23H30F2Zr. The van der Waals surface area contributed by atoms with Crippen LogP contribution in [0.3, 0.4) is 0 Å². The number of fused-ring (bicyclic) bond motifs is 1. The average Bonchev–Trinajstić information content (AvgIpc) is 3.03. The summed E-state index contributed by atoms with van der Waals surface area (Å²) in [5.41, 5.74) is 8.99. The van der Waals surface area contributed by atoms with E-state index in [1.165, 1.54) is 0 Å². The molecule has 0 heterocycles. The van der Waals surface area contributed by atoms with Gasteiger partial charge in [0.15, 0.2) is 0 Å². The van der Waals surface area contributed by atoms with Crippen LogP contribution in [0, 0.1) is 13.8 Å². The molecule has 0 nitrogen and oxygen atoms in total. The molecule has 0 aliphatic heterocycles. The van der Waals surface area contributed by atoms with Crippen molar-refractivity contribution in [1.29, 1.82) is 0 Å². The first-order valence-electron chi connectivity index (χ1n) is 9.54. The fourth-order valence-corrected chi connectivity index (χ4v) is 14.6. The molecule has 0 amide bonds. The van der Waals surface area contributed by atoms with Crippen LogP contribution in [0.1, 0.15) is 73.8 Å². The van der Waals surface area contributed by atoms with Gasteiger partial charge in [0, 0.05) is 0 Å². The Bertz CT molecular complexity index is 860. The Hall–Kier alpha value is -0.817. The fraction of sp³-hybridized carbons (Fsp3) is 0.478. The number of benzene rings is 1. The summed E-state index contributed by atoms with van der Waals surface area (Å²) in [6.07, 6.45) is 2.54. The summed E-state index contributed by atoms with van der Waals surface area (Å²) >= 11 is -5.71. The Kier molecular flexibility index (Phi) is 4.88. The summed E-state index contributed by atoms with van der Waals surface area (Å²) in [5.74, 6) is 0. The van der Waals surface area contributed by atoms with E-state index in [2.05, 4.69) is 6.07 Å². The summed E-state index contributed by atoms with van der Waals surface area (Å²) < 4.78 is 31.7. The van der Waals surface area contributed by atoms with Crippen LogP contribution in [0.2, 0.25) is 3.12 Å². The van der Waals surface area contributed by atoms with Crippen LogP contribution in [0.15, 0.2) is 40.0 Å². The first kappa shape index (κ1) is 19.9. The van der Waals surface area contributed by atoms with Crippen molar-refractivity contribution in [1.82, 2.24) is 0 Å². The van der Waals surface area contributed by atoms with E-state index in [0.29, 0.717) is 6.42 Å². The predicted octanol–water partition coefficient (Wildman–Crippen LogP) is 7.94. The van der Waals surface area contributed by atoms with Gasteiger partial charge >= 0.3 is 164 Å². The Morgan fingerprint density at radius 2 is 1.38 bits per heavy atom. The van der Waals surface area contributed by atoms with Gasteiger partial charge in [0.05, 0.1) is 0 Å². The van der Waals surface area contributed by atoms with E-state index in [-0.39, 0.29) is 0 Å². The Morgan fingerprint density at radius 1 is 0.885 bits per heavy atom. The van der Waals surface area contributed by atoms with Crippen molar-refractivity contribution < 1.29 is 26.7 Å². The zero-order valence-corrected chi connectivity index (χ0v) is 19.7. The van der Waals surface area contributed by atoms with E-state index < -0.39 is 28.2 Å². The normalized spacial score (nSPS) is 22.2. The fourth-order valence-electron chi connectivity index (χ4n) is 5.43. The SMILES string of the molecule is CC[C]1([Zr]([F])([F])[CH]2C(C)=Cc3c(C)ccc(C)c32)C(C)=C(C)C(C)=C1C. The third kappa shape index (κ3) is 2.32. The predicted molar refractivity (Wildman–Crippen MR) is 104 cm³/mol. The van der Waals surface area contributed by atoms with E-state index in [1.54, 1.807) is 0 Å². The average molecular weight is 436 g/mol. The van der Waals surface area contributed by atoms with Crippen molar-refractivity contribution in [3.63, 3.8) is 0 Å². The molecular weight excluding hydrogens is 405 g/mol. The van der Waals surface area contributed by atoms with Crippen LogP contribution >= 0.6 is 0 Å². The van der Waals surface area contributed by atoms with Gasteiger partial charge < -0.3 is 0 Å². The monoisotopic (exact) mass is 434 g/mol. The molecule has 3 rings (SSSR count). The molecule has 1 unspecified atom stereocenters. The van der Waals surface area contributed by atoms with E-state index in [4.69, 9.17) is 0 Å². The molecule has 1 aromatic rings. The third-order valence-corrected chi connectivity index (χ3v) is 16.4. The third-order valence-electron chi connectivity index (χ3n) is 7.27. The van der Waals surface area contributed by atoms with E-state index >= 15 is 5.25 Å². The molecule has 2 aliphatic rings. The van der Waals surface area contributed by atoms with Gasteiger partial charge in [-0.2, -0.15) is 0 Å². The first-order valence-corrected chi connectivity index (χ1v) is 14.0. The number of allylic oxidation sites excluding steroid dienone is 5. The zero-order valence-electron chi connectivity index (χ0n) is 17.3. The molecule has 26 heavy (non-hydrogen) atoms. The van der Waals surface area contributed by atoms with Crippen molar-refractivity contribution in [2.24, 2.45) is 0 Å². The van der Waals surface area contributed by atoms with Crippen LogP contribution in [0.25, 0.3) is 6.08 Å². The molecule has 0 saturated carbocycles. The second-order valence-corrected chi connectivity index (χ2v) is 14.8. The molecule has 1 aromatic carbocycles. The minimum absolute atomic E-state index is 0.506. The van der Waals surface area contributed by atoms with Crippen LogP contribution < -0.4 is 0 Å². The standard InChI is InChI=1S/C12H13.C11H17.2FH.Zr/c1-8-6-11-9(2)4-5-10(3)12(11)7-8;1-6-11-9(4)7(2)8(3)10(11)5;;;/h4-7H,1-3H3;6H2,1-5H3;2*1H;/q;;;;+2/p-2. The molecule has 2 aliphatic carbocycles. The number of hydrogen-bond acceptors (Lipinski definition) is 0. The van der Waals surface area contributed by atoms with Crippen molar-refractivity contribution in [3.05, 3.63) is 62.3 Å². The zero-order chi connectivity index (χ0) is 19.6. The maximum atomic E-state index is 16.7. The number of hydrogen-bond donors (Lipinski definition) is 0. The Balaban J connectivity index is 2.29. The molecule has 0 bridgehead atoms. The molecule has 0 radical (unpaired) electrons.